The summed E-state index contributed by atoms with van der Waals surface area (Å²) in [5.74, 6) is -0.329. The highest BCUT2D eigenvalue weighted by Crippen LogP contribution is 2.23. The van der Waals surface area contributed by atoms with Crippen molar-refractivity contribution in [1.29, 1.82) is 0 Å². The molecule has 1 aromatic carbocycles. The van der Waals surface area contributed by atoms with Crippen LogP contribution in [0.15, 0.2) is 24.3 Å². The molecular weight excluding hydrogens is 312 g/mol. The van der Waals surface area contributed by atoms with E-state index in [1.165, 1.54) is 0 Å². The summed E-state index contributed by atoms with van der Waals surface area (Å²) in [4.78, 5) is 12.2. The molecule has 0 heterocycles. The standard InChI is InChI=1S/C14H21ClN2O3S/c1-5-10(2)16-14(18)11(3)17(21(4,19)20)13-8-6-12(15)7-9-13/h6-11H,5H2,1-4H3,(H,16,18)/t10-,11-/m1/s1. The summed E-state index contributed by atoms with van der Waals surface area (Å²) in [6.07, 6.45) is 1.85. The normalized spacial score (nSPS) is 14.3. The Morgan fingerprint density at radius 1 is 1.29 bits per heavy atom. The molecule has 1 amide bonds. The largest absolute Gasteiger partial charge is 0.352 e. The number of carbonyl (C=O) groups is 1. The summed E-state index contributed by atoms with van der Waals surface area (Å²) in [7, 11) is -3.59. The van der Waals surface area contributed by atoms with Crippen LogP contribution in [0.1, 0.15) is 27.2 Å². The highest BCUT2D eigenvalue weighted by molar-refractivity contribution is 7.92. The van der Waals surface area contributed by atoms with Gasteiger partial charge in [0.1, 0.15) is 6.04 Å². The summed E-state index contributed by atoms with van der Waals surface area (Å²) in [5.41, 5.74) is 0.411. The van der Waals surface area contributed by atoms with Crippen molar-refractivity contribution in [2.24, 2.45) is 0 Å². The number of carbonyl (C=O) groups excluding carboxylic acids is 1. The van der Waals surface area contributed by atoms with Crippen LogP contribution in [0.2, 0.25) is 5.02 Å². The molecule has 0 aliphatic rings. The van der Waals surface area contributed by atoms with Crippen LogP contribution in [0.4, 0.5) is 5.69 Å². The zero-order valence-electron chi connectivity index (χ0n) is 12.6. The smallest absolute Gasteiger partial charge is 0.243 e. The topological polar surface area (TPSA) is 66.5 Å². The number of anilines is 1. The quantitative estimate of drug-likeness (QED) is 0.870. The molecule has 0 aliphatic carbocycles. The highest BCUT2D eigenvalue weighted by Gasteiger charge is 2.29. The number of nitrogens with zero attached hydrogens (tertiary/aromatic N) is 1. The molecule has 0 saturated heterocycles. The molecule has 0 spiro atoms. The van der Waals surface area contributed by atoms with Crippen LogP contribution in [0.3, 0.4) is 0 Å². The Kier molecular flexibility index (Phi) is 6.04. The zero-order valence-corrected chi connectivity index (χ0v) is 14.2. The number of amides is 1. The van der Waals surface area contributed by atoms with E-state index in [0.717, 1.165) is 17.0 Å². The number of sulfonamides is 1. The fraction of sp³-hybridized carbons (Fsp3) is 0.500. The first-order valence-corrected chi connectivity index (χ1v) is 8.94. The lowest BCUT2D eigenvalue weighted by molar-refractivity contribution is -0.122. The molecule has 118 valence electrons. The van der Waals surface area contributed by atoms with Crippen molar-refractivity contribution < 1.29 is 13.2 Å². The highest BCUT2D eigenvalue weighted by atomic mass is 35.5. The maximum Gasteiger partial charge on any atom is 0.243 e. The van der Waals surface area contributed by atoms with E-state index >= 15 is 0 Å². The van der Waals surface area contributed by atoms with Gasteiger partial charge in [-0.2, -0.15) is 0 Å². The zero-order chi connectivity index (χ0) is 16.2. The van der Waals surface area contributed by atoms with E-state index in [0.29, 0.717) is 10.7 Å². The molecule has 21 heavy (non-hydrogen) atoms. The van der Waals surface area contributed by atoms with Gasteiger partial charge in [-0.25, -0.2) is 8.42 Å². The van der Waals surface area contributed by atoms with Crippen LogP contribution < -0.4 is 9.62 Å². The minimum Gasteiger partial charge on any atom is -0.352 e. The number of rotatable bonds is 6. The number of hydrogen-bond acceptors (Lipinski definition) is 3. The molecule has 7 heteroatoms. The number of benzene rings is 1. The van der Waals surface area contributed by atoms with Crippen LogP contribution in [0.25, 0.3) is 0 Å². The van der Waals surface area contributed by atoms with Gasteiger partial charge in [0.2, 0.25) is 15.9 Å². The van der Waals surface area contributed by atoms with Gasteiger partial charge < -0.3 is 5.32 Å². The van der Waals surface area contributed by atoms with Crippen LogP contribution in [0, 0.1) is 0 Å². The number of nitrogens with one attached hydrogen (secondary N) is 1. The van der Waals surface area contributed by atoms with E-state index < -0.39 is 16.1 Å². The van der Waals surface area contributed by atoms with Gasteiger partial charge in [0.05, 0.1) is 11.9 Å². The molecule has 0 bridgehead atoms. The fourth-order valence-corrected chi connectivity index (χ4v) is 3.16. The Morgan fingerprint density at radius 2 is 1.81 bits per heavy atom. The van der Waals surface area contributed by atoms with Gasteiger partial charge in [0.25, 0.3) is 0 Å². The molecule has 0 radical (unpaired) electrons. The lowest BCUT2D eigenvalue weighted by Gasteiger charge is -2.29. The lowest BCUT2D eigenvalue weighted by Crippen LogP contribution is -2.49. The average molecular weight is 333 g/mol. The van der Waals surface area contributed by atoms with E-state index in [1.807, 2.05) is 13.8 Å². The van der Waals surface area contributed by atoms with E-state index in [2.05, 4.69) is 5.32 Å². The molecule has 0 unspecified atom stereocenters. The molecular formula is C14H21ClN2O3S. The predicted octanol–water partition coefficient (Wildman–Crippen LogP) is 2.41. The first kappa shape index (κ1) is 17.8. The number of hydrogen-bond donors (Lipinski definition) is 1. The van der Waals surface area contributed by atoms with E-state index in [-0.39, 0.29) is 11.9 Å². The Bertz CT molecular complexity index is 587. The molecule has 2 atom stereocenters. The van der Waals surface area contributed by atoms with Crippen LogP contribution in [0.5, 0.6) is 0 Å². The SMILES string of the molecule is CC[C@@H](C)NC(=O)[C@@H](C)N(c1ccc(Cl)cc1)S(C)(=O)=O. The minimum absolute atomic E-state index is 0.00780. The summed E-state index contributed by atoms with van der Waals surface area (Å²) in [6.45, 7) is 5.38. The lowest BCUT2D eigenvalue weighted by atomic mass is 10.2. The summed E-state index contributed by atoms with van der Waals surface area (Å²) < 4.78 is 25.2. The van der Waals surface area contributed by atoms with Crippen molar-refractivity contribution in [2.45, 2.75) is 39.3 Å². The predicted molar refractivity (Wildman–Crippen MR) is 86.1 cm³/mol. The van der Waals surface area contributed by atoms with E-state index in [1.54, 1.807) is 31.2 Å². The van der Waals surface area contributed by atoms with Crippen molar-refractivity contribution in [2.75, 3.05) is 10.6 Å². The molecule has 0 fully saturated rings. The summed E-state index contributed by atoms with van der Waals surface area (Å²) in [5, 5.41) is 3.30. The van der Waals surface area contributed by atoms with Crippen LogP contribution in [-0.4, -0.2) is 32.7 Å². The maximum atomic E-state index is 12.2. The molecule has 0 saturated carbocycles. The fourth-order valence-electron chi connectivity index (χ4n) is 1.86. The number of halogens is 1. The Hall–Kier alpha value is -1.27. The van der Waals surface area contributed by atoms with E-state index in [4.69, 9.17) is 11.6 Å². The first-order valence-electron chi connectivity index (χ1n) is 6.72. The van der Waals surface area contributed by atoms with Gasteiger partial charge in [-0.1, -0.05) is 18.5 Å². The van der Waals surface area contributed by atoms with E-state index in [9.17, 15) is 13.2 Å². The van der Waals surface area contributed by atoms with Crippen LogP contribution >= 0.6 is 11.6 Å². The summed E-state index contributed by atoms with van der Waals surface area (Å²) >= 11 is 5.81. The molecule has 1 N–H and O–H groups in total. The van der Waals surface area contributed by atoms with Crippen molar-refractivity contribution in [3.05, 3.63) is 29.3 Å². The van der Waals surface area contributed by atoms with Gasteiger partial charge in [0, 0.05) is 11.1 Å². The van der Waals surface area contributed by atoms with Crippen molar-refractivity contribution >= 4 is 33.2 Å². The average Bonchev–Trinajstić information content (AvgIpc) is 2.39. The van der Waals surface area contributed by atoms with Gasteiger partial charge in [-0.15, -0.1) is 0 Å². The second kappa shape index (κ2) is 7.13. The third-order valence-electron chi connectivity index (χ3n) is 3.17. The molecule has 5 nitrogen and oxygen atoms in total. The molecule has 0 aliphatic heterocycles. The second-order valence-corrected chi connectivity index (χ2v) is 7.32. The van der Waals surface area contributed by atoms with Crippen molar-refractivity contribution in [1.82, 2.24) is 5.32 Å². The maximum absolute atomic E-state index is 12.2. The third-order valence-corrected chi connectivity index (χ3v) is 4.66. The minimum atomic E-state index is -3.59. The van der Waals surface area contributed by atoms with Gasteiger partial charge >= 0.3 is 0 Å². The summed E-state index contributed by atoms with van der Waals surface area (Å²) in [6, 6.07) is 5.50. The van der Waals surface area contributed by atoms with Crippen molar-refractivity contribution in [3.8, 4) is 0 Å². The van der Waals surface area contributed by atoms with Crippen molar-refractivity contribution in [3.63, 3.8) is 0 Å². The van der Waals surface area contributed by atoms with Gasteiger partial charge in [-0.3, -0.25) is 9.10 Å². The van der Waals surface area contributed by atoms with Gasteiger partial charge in [-0.05, 0) is 44.5 Å². The Balaban J connectivity index is 3.09. The Morgan fingerprint density at radius 3 is 2.24 bits per heavy atom. The Labute approximate surface area is 131 Å². The first-order chi connectivity index (χ1) is 9.66. The van der Waals surface area contributed by atoms with Crippen LogP contribution in [-0.2, 0) is 14.8 Å². The third kappa shape index (κ3) is 4.89. The molecule has 0 aromatic heterocycles. The van der Waals surface area contributed by atoms with Gasteiger partial charge in [0.15, 0.2) is 0 Å². The molecule has 1 rings (SSSR count). The second-order valence-electron chi connectivity index (χ2n) is 5.03. The molecule has 1 aromatic rings. The monoisotopic (exact) mass is 332 g/mol.